The van der Waals surface area contributed by atoms with Gasteiger partial charge in [0.2, 0.25) is 0 Å². The highest BCUT2D eigenvalue weighted by atomic mass is 16.3. The van der Waals surface area contributed by atoms with Gasteiger partial charge in [0.25, 0.3) is 0 Å². The Morgan fingerprint density at radius 1 is 0.600 bits per heavy atom. The summed E-state index contributed by atoms with van der Waals surface area (Å²) in [5, 5.41) is 17.4. The van der Waals surface area contributed by atoms with Crippen LogP contribution < -0.4 is 26.2 Å². The maximum absolute atomic E-state index is 10.5. The molecule has 3 rings (SSSR count). The molecular weight excluding hydrogens is 624 g/mol. The second kappa shape index (κ2) is 19.0. The molecule has 1 aromatic heterocycles. The van der Waals surface area contributed by atoms with Gasteiger partial charge < -0.3 is 50.0 Å². The smallest absolute Gasteiger partial charge is 0.168 e. The maximum Gasteiger partial charge on any atom is 0.168 e. The minimum absolute atomic E-state index is 0.0585. The fraction of sp³-hybridized carbons (Fsp3) is 0.564. The van der Waals surface area contributed by atoms with E-state index in [2.05, 4.69) is 154 Å². The van der Waals surface area contributed by atoms with E-state index in [9.17, 15) is 5.11 Å². The molecule has 0 fully saturated rings. The highest BCUT2D eigenvalue weighted by Crippen LogP contribution is 2.34. The second-order valence-corrected chi connectivity index (χ2v) is 16.2. The van der Waals surface area contributed by atoms with Gasteiger partial charge >= 0.3 is 0 Å². The predicted molar refractivity (Wildman–Crippen MR) is 216 cm³/mol. The largest absolute Gasteiger partial charge is 0.504 e. The van der Waals surface area contributed by atoms with Crippen LogP contribution >= 0.6 is 0 Å². The fourth-order valence-corrected chi connectivity index (χ4v) is 5.88. The van der Waals surface area contributed by atoms with Crippen molar-refractivity contribution in [3.05, 3.63) is 54.6 Å². The molecule has 3 aromatic rings. The van der Waals surface area contributed by atoms with Crippen molar-refractivity contribution in [2.75, 3.05) is 149 Å². The van der Waals surface area contributed by atoms with Gasteiger partial charge in [0, 0.05) is 67.8 Å². The first kappa shape index (κ1) is 40.7. The summed E-state index contributed by atoms with van der Waals surface area (Å²) in [7, 11) is 22.0. The van der Waals surface area contributed by atoms with Crippen LogP contribution in [0.3, 0.4) is 0 Å². The number of pyridine rings is 1. The number of nitrogens with zero attached hydrogens (tertiary/aromatic N) is 7. The first-order valence-corrected chi connectivity index (χ1v) is 18.1. The lowest BCUT2D eigenvalue weighted by Crippen LogP contribution is -2.39. The zero-order valence-electron chi connectivity index (χ0n) is 32.8. The van der Waals surface area contributed by atoms with Gasteiger partial charge in [0.05, 0.1) is 61.1 Å². The number of anilines is 7. The number of aromatic nitrogens is 1. The summed E-state index contributed by atoms with van der Waals surface area (Å²) < 4.78 is 1.93. The van der Waals surface area contributed by atoms with E-state index in [1.165, 1.54) is 11.4 Å². The topological polar surface area (TPSA) is 96.2 Å². The summed E-state index contributed by atoms with van der Waals surface area (Å²) in [6.07, 6.45) is 4.47. The third-order valence-electron chi connectivity index (χ3n) is 8.62. The fourth-order valence-electron chi connectivity index (χ4n) is 5.88. The van der Waals surface area contributed by atoms with Crippen LogP contribution in [-0.4, -0.2) is 152 Å². The van der Waals surface area contributed by atoms with Crippen LogP contribution in [0.1, 0.15) is 25.7 Å². The number of rotatable bonds is 22. The molecule has 0 aliphatic carbocycles. The van der Waals surface area contributed by atoms with Crippen molar-refractivity contribution in [1.82, 2.24) is 14.8 Å². The zero-order chi connectivity index (χ0) is 36.9. The molecule has 11 nitrogen and oxygen atoms in total. The number of benzene rings is 2. The van der Waals surface area contributed by atoms with E-state index in [1.807, 2.05) is 0 Å². The highest BCUT2D eigenvalue weighted by molar-refractivity contribution is 5.79. The van der Waals surface area contributed by atoms with Crippen molar-refractivity contribution in [3.63, 3.8) is 0 Å². The molecule has 0 amide bonds. The van der Waals surface area contributed by atoms with Gasteiger partial charge in [0.1, 0.15) is 0 Å². The van der Waals surface area contributed by atoms with E-state index in [0.717, 1.165) is 98.4 Å². The maximum atomic E-state index is 10.5. The number of aromatic hydroxyl groups is 1. The van der Waals surface area contributed by atoms with Crippen molar-refractivity contribution < 1.29 is 14.1 Å². The molecule has 0 bridgehead atoms. The predicted octanol–water partition coefficient (Wildman–Crippen LogP) is 5.57. The number of hydrogen-bond acceptors (Lipinski definition) is 9. The molecule has 50 heavy (non-hydrogen) atoms. The Kier molecular flexibility index (Phi) is 15.5. The Morgan fingerprint density at radius 3 is 1.40 bits per heavy atom. The summed E-state index contributed by atoms with van der Waals surface area (Å²) in [5.41, 5.74) is 10.9. The van der Waals surface area contributed by atoms with E-state index in [0.29, 0.717) is 11.5 Å². The average Bonchev–Trinajstić information content (AvgIpc) is 3.01. The summed E-state index contributed by atoms with van der Waals surface area (Å²) in [5.74, 6) is 0.571. The zero-order valence-corrected chi connectivity index (χ0v) is 32.8. The van der Waals surface area contributed by atoms with Gasteiger partial charge in [-0.05, 0) is 103 Å². The first-order valence-electron chi connectivity index (χ1n) is 18.1. The number of nitrogens with two attached hydrogens (primary N) is 1. The van der Waals surface area contributed by atoms with Crippen molar-refractivity contribution in [3.8, 4) is 5.75 Å². The molecular formula is C39H68N10O+2. The lowest BCUT2D eigenvalue weighted by Gasteiger charge is -2.30. The number of nitrogens with one attached hydrogen (secondary N) is 2. The van der Waals surface area contributed by atoms with E-state index in [-0.39, 0.29) is 11.6 Å². The average molecular weight is 693 g/mol. The summed E-state index contributed by atoms with van der Waals surface area (Å²) in [6.45, 7) is 8.42. The van der Waals surface area contributed by atoms with E-state index in [1.54, 1.807) is 6.07 Å². The molecule has 0 saturated heterocycles. The Hall–Kier alpha value is -3.77. The monoisotopic (exact) mass is 693 g/mol. The molecule has 0 unspecified atom stereocenters. The Labute approximate surface area is 303 Å². The molecule has 11 heteroatoms. The third-order valence-corrected chi connectivity index (χ3v) is 8.62. The van der Waals surface area contributed by atoms with Crippen LogP contribution in [0.25, 0.3) is 0 Å². The molecule has 0 atom stereocenters. The van der Waals surface area contributed by atoms with Crippen LogP contribution in [0.4, 0.5) is 40.1 Å². The van der Waals surface area contributed by atoms with Crippen molar-refractivity contribution in [2.24, 2.45) is 0 Å². The lowest BCUT2D eigenvalue weighted by molar-refractivity contribution is -0.870. The highest BCUT2D eigenvalue weighted by Gasteiger charge is 2.15. The lowest BCUT2D eigenvalue weighted by atomic mass is 10.2. The molecule has 278 valence electrons. The first-order chi connectivity index (χ1) is 23.5. The van der Waals surface area contributed by atoms with Gasteiger partial charge in [-0.3, -0.25) is 0 Å². The number of nitrogen functional groups attached to an aromatic ring is 1. The molecule has 0 radical (unpaired) electrons. The Bertz CT molecular complexity index is 1380. The molecule has 0 aliphatic rings. The third kappa shape index (κ3) is 15.0. The minimum Gasteiger partial charge on any atom is -0.504 e. The number of quaternary nitrogens is 2. The quantitative estimate of drug-likeness (QED) is 0.101. The Balaban J connectivity index is 1.75. The van der Waals surface area contributed by atoms with E-state index < -0.39 is 0 Å². The number of hydrogen-bond donors (Lipinski definition) is 4. The van der Waals surface area contributed by atoms with Crippen LogP contribution in [0, 0.1) is 0 Å². The van der Waals surface area contributed by atoms with Gasteiger partial charge in [-0.1, -0.05) is 0 Å². The van der Waals surface area contributed by atoms with Gasteiger partial charge in [0.15, 0.2) is 17.4 Å². The van der Waals surface area contributed by atoms with Crippen molar-refractivity contribution in [2.45, 2.75) is 25.7 Å². The minimum atomic E-state index is -0.0585. The molecule has 2 aromatic carbocycles. The standard InChI is InChI=1S/C39H67N10O/c1-44(2)23-11-25-46(26-12-24-45(3)4)34-21-17-33(18-22-34)42-39-36(31-37(50)38(40)43-39)41-32-15-19-35(20-16-32)47(27-13-29-48(5,6)7)28-14-30-49(8,9)10/h15-22,31,41H,11-14,23-30H2,1-10H3,(H3-,40,42,43,50)/q+1/p+1. The van der Waals surface area contributed by atoms with Crippen LogP contribution in [0.5, 0.6) is 5.75 Å². The van der Waals surface area contributed by atoms with Gasteiger partial charge in [-0.2, -0.15) is 0 Å². The van der Waals surface area contributed by atoms with Crippen LogP contribution in [0.2, 0.25) is 0 Å². The van der Waals surface area contributed by atoms with Gasteiger partial charge in [-0.15, -0.1) is 0 Å². The summed E-state index contributed by atoms with van der Waals surface area (Å²) in [6, 6.07) is 18.7. The molecule has 0 aliphatic heterocycles. The van der Waals surface area contributed by atoms with Crippen molar-refractivity contribution in [1.29, 1.82) is 0 Å². The van der Waals surface area contributed by atoms with E-state index >= 15 is 0 Å². The van der Waals surface area contributed by atoms with Crippen LogP contribution in [0.15, 0.2) is 54.6 Å². The summed E-state index contributed by atoms with van der Waals surface area (Å²) >= 11 is 0. The van der Waals surface area contributed by atoms with E-state index in [4.69, 9.17) is 5.73 Å². The molecule has 5 N–H and O–H groups in total. The van der Waals surface area contributed by atoms with Crippen molar-refractivity contribution >= 4 is 40.1 Å². The molecule has 0 saturated carbocycles. The van der Waals surface area contributed by atoms with Crippen LogP contribution in [-0.2, 0) is 0 Å². The SMILES string of the molecule is CN(C)CCCN(CCCN(C)C)c1ccc(Nc2nc(N)c(O)cc2Nc2ccc(N(CCC[N+](C)(C)C)CCC[N+](C)(C)C)cc2)cc1. The molecule has 1 heterocycles. The second-order valence-electron chi connectivity index (χ2n) is 16.2. The summed E-state index contributed by atoms with van der Waals surface area (Å²) in [4.78, 5) is 14.0. The normalized spacial score (nSPS) is 12.1. The van der Waals surface area contributed by atoms with Gasteiger partial charge in [-0.25, -0.2) is 4.98 Å². The Morgan fingerprint density at radius 2 is 1.00 bits per heavy atom. The molecule has 0 spiro atoms.